The van der Waals surface area contributed by atoms with Gasteiger partial charge in [0.25, 0.3) is 0 Å². The van der Waals surface area contributed by atoms with E-state index in [0.29, 0.717) is 5.56 Å². The van der Waals surface area contributed by atoms with E-state index in [0.717, 1.165) is 6.07 Å². The summed E-state index contributed by atoms with van der Waals surface area (Å²) >= 11 is 11.9. The van der Waals surface area contributed by atoms with Crippen LogP contribution >= 0.6 is 23.2 Å². The van der Waals surface area contributed by atoms with Gasteiger partial charge in [-0.1, -0.05) is 23.2 Å². The van der Waals surface area contributed by atoms with Crippen LogP contribution in [0.25, 0.3) is 0 Å². The zero-order valence-electron chi connectivity index (χ0n) is 13.3. The molecule has 26 heavy (non-hydrogen) atoms. The van der Waals surface area contributed by atoms with Gasteiger partial charge in [-0.2, -0.15) is 0 Å². The number of ether oxygens (including phenoxy) is 1. The topological polar surface area (TPSA) is 124 Å². The summed E-state index contributed by atoms with van der Waals surface area (Å²) in [5.41, 5.74) is 0.605. The Kier molecular flexibility index (Phi) is 5.92. The van der Waals surface area contributed by atoms with Crippen molar-refractivity contribution in [1.82, 2.24) is 0 Å². The third kappa shape index (κ3) is 4.53. The Bertz CT molecular complexity index is 1000. The molecule has 0 heterocycles. The number of aryl methyl sites for hydroxylation is 1. The predicted molar refractivity (Wildman–Crippen MR) is 95.6 cm³/mol. The quantitative estimate of drug-likeness (QED) is 0.696. The van der Waals surface area contributed by atoms with Gasteiger partial charge in [0, 0.05) is 11.1 Å². The first-order valence-electron chi connectivity index (χ1n) is 7.02. The van der Waals surface area contributed by atoms with E-state index in [1.807, 2.05) is 0 Å². The molecular weight excluding hydrogens is 405 g/mol. The lowest BCUT2D eigenvalue weighted by Gasteiger charge is -2.11. The minimum atomic E-state index is -4.10. The molecule has 0 aliphatic rings. The van der Waals surface area contributed by atoms with E-state index in [1.54, 1.807) is 6.92 Å². The number of hydrogen-bond donors (Lipinski definition) is 2. The lowest BCUT2D eigenvalue weighted by molar-refractivity contribution is -0.139. The Morgan fingerprint density at radius 3 is 2.38 bits per heavy atom. The van der Waals surface area contributed by atoms with Crippen molar-refractivity contribution >= 4 is 45.0 Å². The summed E-state index contributed by atoms with van der Waals surface area (Å²) in [5.74, 6) is -1.49. The second kappa shape index (κ2) is 7.63. The Hall–Kier alpha value is -2.13. The number of carbonyl (C=O) groups excluding carboxylic acids is 1. The van der Waals surface area contributed by atoms with Crippen LogP contribution in [-0.4, -0.2) is 31.9 Å². The smallest absolute Gasteiger partial charge is 0.341 e. The van der Waals surface area contributed by atoms with Crippen molar-refractivity contribution in [3.8, 4) is 5.75 Å². The maximum atomic E-state index is 12.7. The van der Waals surface area contributed by atoms with Gasteiger partial charge in [-0.3, -0.25) is 4.79 Å². The summed E-state index contributed by atoms with van der Waals surface area (Å²) in [5, 5.41) is 13.7. The fraction of sp³-hybridized carbons (Fsp3) is 0.125. The van der Waals surface area contributed by atoms with Crippen molar-refractivity contribution in [3.63, 3.8) is 0 Å². The summed E-state index contributed by atoms with van der Waals surface area (Å²) in [7, 11) is -4.10. The number of carbonyl (C=O) groups is 2. The first-order chi connectivity index (χ1) is 12.0. The molecule has 138 valence electrons. The lowest BCUT2D eigenvalue weighted by Crippen LogP contribution is -2.14. The lowest BCUT2D eigenvalue weighted by atomic mass is 10.0. The van der Waals surface area contributed by atoms with Gasteiger partial charge < -0.3 is 9.84 Å². The highest BCUT2D eigenvalue weighted by molar-refractivity contribution is 7.89. The van der Waals surface area contributed by atoms with Crippen LogP contribution in [0.1, 0.15) is 21.5 Å². The van der Waals surface area contributed by atoms with E-state index in [4.69, 9.17) is 38.2 Å². The number of aliphatic carboxylic acids is 1. The molecule has 0 saturated heterocycles. The fourth-order valence-electron chi connectivity index (χ4n) is 2.15. The summed E-state index contributed by atoms with van der Waals surface area (Å²) in [4.78, 5) is 22.9. The van der Waals surface area contributed by atoms with Gasteiger partial charge in [0.15, 0.2) is 12.4 Å². The molecule has 0 aliphatic carbocycles. The fourth-order valence-corrected chi connectivity index (χ4v) is 3.46. The van der Waals surface area contributed by atoms with Crippen LogP contribution in [0, 0.1) is 6.92 Å². The molecule has 0 unspecified atom stereocenters. The van der Waals surface area contributed by atoms with Gasteiger partial charge in [0.05, 0.1) is 10.0 Å². The second-order valence-electron chi connectivity index (χ2n) is 5.30. The minimum Gasteiger partial charge on any atom is -0.482 e. The van der Waals surface area contributed by atoms with Gasteiger partial charge in [0.2, 0.25) is 10.0 Å². The number of benzene rings is 2. The highest BCUT2D eigenvalue weighted by atomic mass is 35.5. The van der Waals surface area contributed by atoms with Crippen LogP contribution in [-0.2, 0) is 14.8 Å². The molecule has 2 aromatic carbocycles. The molecule has 0 radical (unpaired) electrons. The van der Waals surface area contributed by atoms with Crippen molar-refractivity contribution in [3.05, 3.63) is 57.1 Å². The Labute approximate surface area is 159 Å². The van der Waals surface area contributed by atoms with Crippen LogP contribution in [0.2, 0.25) is 10.0 Å². The summed E-state index contributed by atoms with van der Waals surface area (Å²) in [6.45, 7) is 1.06. The van der Waals surface area contributed by atoms with Gasteiger partial charge in [-0.25, -0.2) is 18.4 Å². The van der Waals surface area contributed by atoms with Gasteiger partial charge in [-0.05, 0) is 42.8 Å². The normalized spacial score (nSPS) is 11.2. The highest BCUT2D eigenvalue weighted by Crippen LogP contribution is 2.30. The second-order valence-corrected chi connectivity index (χ2v) is 7.64. The number of halogens is 2. The summed E-state index contributed by atoms with van der Waals surface area (Å²) in [6.07, 6.45) is 0. The number of sulfonamides is 1. The third-order valence-electron chi connectivity index (χ3n) is 3.36. The molecule has 0 atom stereocenters. The van der Waals surface area contributed by atoms with Crippen molar-refractivity contribution in [2.45, 2.75) is 11.8 Å². The van der Waals surface area contributed by atoms with Crippen LogP contribution in [0.3, 0.4) is 0 Å². The molecule has 0 aliphatic heterocycles. The summed E-state index contributed by atoms with van der Waals surface area (Å²) < 4.78 is 28.2. The van der Waals surface area contributed by atoms with E-state index in [9.17, 15) is 18.0 Å². The number of ketones is 1. The molecule has 0 fully saturated rings. The monoisotopic (exact) mass is 417 g/mol. The molecular formula is C16H13Cl2NO6S. The summed E-state index contributed by atoms with van der Waals surface area (Å²) in [6, 6.07) is 6.41. The Morgan fingerprint density at radius 1 is 1.15 bits per heavy atom. The maximum absolute atomic E-state index is 12.7. The van der Waals surface area contributed by atoms with Gasteiger partial charge in [0.1, 0.15) is 10.6 Å². The van der Waals surface area contributed by atoms with Crippen molar-refractivity contribution in [1.29, 1.82) is 0 Å². The number of carboxylic acid groups (broad SMARTS) is 1. The molecule has 0 aromatic heterocycles. The molecule has 7 nitrogen and oxygen atoms in total. The standard InChI is InChI=1S/C16H13Cl2NO6S/c1-8-4-10(12(18)6-13(8)25-7-15(20)21)16(22)9-2-3-11(17)14(5-9)26(19,23)24/h2-6H,7H2,1H3,(H,20,21)(H2,19,23,24). The van der Waals surface area contributed by atoms with Crippen LogP contribution < -0.4 is 9.88 Å². The molecule has 0 bridgehead atoms. The molecule has 10 heteroatoms. The predicted octanol–water partition coefficient (Wildman–Crippen LogP) is 2.64. The third-order valence-corrected chi connectivity index (χ3v) is 5.07. The average Bonchev–Trinajstić information content (AvgIpc) is 2.54. The SMILES string of the molecule is Cc1cc(C(=O)c2ccc(Cl)c(S(N)(=O)=O)c2)c(Cl)cc1OCC(=O)O. The van der Waals surface area contributed by atoms with Crippen LogP contribution in [0.4, 0.5) is 0 Å². The van der Waals surface area contributed by atoms with Crippen molar-refractivity contribution in [2.75, 3.05) is 6.61 Å². The Balaban J connectivity index is 2.45. The minimum absolute atomic E-state index is 0.0214. The number of hydrogen-bond acceptors (Lipinski definition) is 5. The average molecular weight is 418 g/mol. The number of nitrogens with two attached hydrogens (primary N) is 1. The first kappa shape index (κ1) is 20.2. The molecule has 2 rings (SSSR count). The van der Waals surface area contributed by atoms with Crippen LogP contribution in [0.15, 0.2) is 35.2 Å². The Morgan fingerprint density at radius 2 is 1.81 bits per heavy atom. The maximum Gasteiger partial charge on any atom is 0.341 e. The molecule has 0 saturated carbocycles. The van der Waals surface area contributed by atoms with E-state index in [-0.39, 0.29) is 31.8 Å². The van der Waals surface area contributed by atoms with Crippen molar-refractivity contribution in [2.24, 2.45) is 5.14 Å². The molecule has 2 aromatic rings. The molecule has 3 N–H and O–H groups in total. The highest BCUT2D eigenvalue weighted by Gasteiger charge is 2.20. The first-order valence-corrected chi connectivity index (χ1v) is 9.32. The van der Waals surface area contributed by atoms with Crippen molar-refractivity contribution < 1.29 is 27.9 Å². The van der Waals surface area contributed by atoms with E-state index in [2.05, 4.69) is 0 Å². The van der Waals surface area contributed by atoms with Gasteiger partial charge >= 0.3 is 5.97 Å². The largest absolute Gasteiger partial charge is 0.482 e. The number of rotatable bonds is 6. The van der Waals surface area contributed by atoms with E-state index < -0.39 is 28.4 Å². The van der Waals surface area contributed by atoms with Crippen LogP contribution in [0.5, 0.6) is 5.75 Å². The zero-order valence-corrected chi connectivity index (χ0v) is 15.7. The number of carboxylic acids is 1. The number of primary sulfonamides is 1. The molecule has 0 spiro atoms. The van der Waals surface area contributed by atoms with E-state index in [1.165, 1.54) is 24.3 Å². The zero-order chi connectivity index (χ0) is 19.6. The van der Waals surface area contributed by atoms with E-state index >= 15 is 0 Å². The van der Waals surface area contributed by atoms with Gasteiger partial charge in [-0.15, -0.1) is 0 Å². The molecule has 0 amide bonds.